The molecular formula is C24H16ClF2N9O. The number of H-pyrrole nitrogens is 1. The van der Waals surface area contributed by atoms with Crippen LogP contribution >= 0.6 is 11.6 Å². The lowest BCUT2D eigenvalue weighted by molar-refractivity contribution is 0.482. The van der Waals surface area contributed by atoms with Crippen LogP contribution in [-0.4, -0.2) is 39.7 Å². The Bertz CT molecular complexity index is 1760. The number of nitrogens with two attached hydrogens (primary N) is 1. The van der Waals surface area contributed by atoms with Crippen molar-refractivity contribution in [3.8, 4) is 28.2 Å². The minimum absolute atomic E-state index is 0.00402. The quantitative estimate of drug-likeness (QED) is 0.347. The number of anilines is 1. The highest BCUT2D eigenvalue weighted by atomic mass is 35.5. The molecule has 7 rings (SSSR count). The highest BCUT2D eigenvalue weighted by Gasteiger charge is 2.54. The van der Waals surface area contributed by atoms with Gasteiger partial charge in [-0.05, 0) is 64.7 Å². The molecule has 37 heavy (non-hydrogen) atoms. The van der Waals surface area contributed by atoms with E-state index in [0.717, 1.165) is 12.1 Å². The summed E-state index contributed by atoms with van der Waals surface area (Å²) in [4.78, 5) is 23.8. The molecule has 1 unspecified atom stereocenters. The van der Waals surface area contributed by atoms with Crippen LogP contribution in [0.1, 0.15) is 29.8 Å². The lowest BCUT2D eigenvalue weighted by Gasteiger charge is -2.18. The number of hydrogen-bond acceptors (Lipinski definition) is 7. The third-order valence-corrected chi connectivity index (χ3v) is 7.21. The molecule has 0 amide bonds. The van der Waals surface area contributed by atoms with Gasteiger partial charge in [-0.1, -0.05) is 11.6 Å². The van der Waals surface area contributed by atoms with E-state index in [2.05, 4.69) is 30.5 Å². The summed E-state index contributed by atoms with van der Waals surface area (Å²) in [7, 11) is 0. The lowest BCUT2D eigenvalue weighted by atomic mass is 10.0. The first-order valence-electron chi connectivity index (χ1n) is 11.4. The maximum absolute atomic E-state index is 15.1. The van der Waals surface area contributed by atoms with Gasteiger partial charge in [-0.3, -0.25) is 4.79 Å². The van der Waals surface area contributed by atoms with Crippen LogP contribution < -0.4 is 11.3 Å². The van der Waals surface area contributed by atoms with Gasteiger partial charge in [0.15, 0.2) is 0 Å². The Labute approximate surface area is 211 Å². The van der Waals surface area contributed by atoms with Crippen LogP contribution in [-0.2, 0) is 0 Å². The zero-order chi connectivity index (χ0) is 25.4. The van der Waals surface area contributed by atoms with Gasteiger partial charge in [-0.15, -0.1) is 5.10 Å². The van der Waals surface area contributed by atoms with E-state index < -0.39 is 17.9 Å². The highest BCUT2D eigenvalue weighted by Crippen LogP contribution is 2.61. The van der Waals surface area contributed by atoms with Gasteiger partial charge in [0.2, 0.25) is 11.9 Å². The molecule has 13 heteroatoms. The molecule has 10 nitrogen and oxygen atoms in total. The van der Waals surface area contributed by atoms with Crippen molar-refractivity contribution in [2.75, 3.05) is 5.73 Å². The minimum Gasteiger partial charge on any atom is -0.384 e. The van der Waals surface area contributed by atoms with Crippen molar-refractivity contribution in [2.24, 2.45) is 5.92 Å². The Morgan fingerprint density at radius 3 is 2.70 bits per heavy atom. The van der Waals surface area contributed by atoms with E-state index in [0.29, 0.717) is 21.8 Å². The number of aromatic nitrogens is 8. The van der Waals surface area contributed by atoms with Gasteiger partial charge in [-0.25, -0.2) is 4.98 Å². The molecule has 0 spiro atoms. The molecule has 0 saturated heterocycles. The summed E-state index contributed by atoms with van der Waals surface area (Å²) in [5, 5.41) is 11.8. The molecule has 3 N–H and O–H groups in total. The molecule has 0 radical (unpaired) electrons. The molecule has 1 saturated carbocycles. The number of hydrogen-bond donors (Lipinski definition) is 2. The molecule has 2 aliphatic rings. The minimum atomic E-state index is -0.863. The van der Waals surface area contributed by atoms with E-state index in [1.165, 1.54) is 29.2 Å². The van der Waals surface area contributed by atoms with E-state index in [9.17, 15) is 9.18 Å². The van der Waals surface area contributed by atoms with Crippen LogP contribution in [0.2, 0.25) is 5.02 Å². The third kappa shape index (κ3) is 3.36. The molecule has 1 fully saturated rings. The predicted molar refractivity (Wildman–Crippen MR) is 129 cm³/mol. The van der Waals surface area contributed by atoms with Crippen molar-refractivity contribution in [1.82, 2.24) is 39.7 Å². The summed E-state index contributed by atoms with van der Waals surface area (Å²) in [6.07, 6.45) is 2.24. The second-order valence-corrected chi connectivity index (χ2v) is 9.54. The number of nitrogen functional groups attached to an aromatic ring is 1. The number of fused-ring (bicyclic) bond motifs is 3. The van der Waals surface area contributed by atoms with Gasteiger partial charge in [0.25, 0.3) is 5.56 Å². The van der Waals surface area contributed by atoms with Gasteiger partial charge in [0, 0.05) is 28.3 Å². The topological polar surface area (TPSA) is 133 Å². The van der Waals surface area contributed by atoms with Crippen LogP contribution in [0.5, 0.6) is 0 Å². The van der Waals surface area contributed by atoms with Crippen molar-refractivity contribution in [3.05, 3.63) is 87.5 Å². The monoisotopic (exact) mass is 519 g/mol. The average Bonchev–Trinajstić information content (AvgIpc) is 3.16. The number of nitrogens with one attached hydrogen (secondary N) is 1. The molecule has 5 aromatic rings. The van der Waals surface area contributed by atoms with Gasteiger partial charge >= 0.3 is 0 Å². The Balaban J connectivity index is 1.33. The Kier molecular flexibility index (Phi) is 4.58. The van der Waals surface area contributed by atoms with Gasteiger partial charge in [-0.2, -0.15) is 18.4 Å². The lowest BCUT2D eigenvalue weighted by Crippen LogP contribution is -2.26. The van der Waals surface area contributed by atoms with Crippen LogP contribution in [0.15, 0.2) is 53.6 Å². The standard InChI is InChI=1S/C24H16ClF2N9O/c25-11-1-3-16(35-9-29-33-34-35)13(7-11)10-5-17-14-8-15(14)21(36(17)19(37)6-10)20-23(27)32-24(31-20)12-2-4-18(28)30-22(12)26/h1-7,9,14-15,21H,8H2,(H2,28,30)(H,31,32)/t14-,15?,21+/m1/s1. The molecule has 5 heterocycles. The molecule has 184 valence electrons. The van der Waals surface area contributed by atoms with Gasteiger partial charge < -0.3 is 15.3 Å². The maximum atomic E-state index is 15.1. The number of nitrogens with zero attached hydrogens (tertiary/aromatic N) is 7. The number of imidazole rings is 1. The van der Waals surface area contributed by atoms with Crippen LogP contribution in [0, 0.1) is 17.8 Å². The maximum Gasteiger partial charge on any atom is 0.251 e. The molecule has 3 atom stereocenters. The zero-order valence-corrected chi connectivity index (χ0v) is 19.6. The number of aromatic amines is 1. The summed E-state index contributed by atoms with van der Waals surface area (Å²) in [5.41, 5.74) is 8.11. The highest BCUT2D eigenvalue weighted by molar-refractivity contribution is 6.31. The summed E-state index contributed by atoms with van der Waals surface area (Å²) in [6, 6.07) is 10.8. The third-order valence-electron chi connectivity index (χ3n) is 6.97. The number of tetrazole rings is 1. The van der Waals surface area contributed by atoms with Crippen molar-refractivity contribution in [3.63, 3.8) is 0 Å². The van der Waals surface area contributed by atoms with Gasteiger partial charge in [0.05, 0.1) is 23.0 Å². The smallest absolute Gasteiger partial charge is 0.251 e. The predicted octanol–water partition coefficient (Wildman–Crippen LogP) is 3.50. The molecule has 4 aromatic heterocycles. The summed E-state index contributed by atoms with van der Waals surface area (Å²) < 4.78 is 32.5. The molecule has 0 bridgehead atoms. The fourth-order valence-electron chi connectivity index (χ4n) is 5.30. The SMILES string of the molecule is Nc1ccc(-c2nc(F)c([C@@H]3C4C[C@H]4c4cc(-c5cc(Cl)ccc5-n5cnnn5)cc(=O)n43)[nH]2)c(F)n1. The molecule has 1 aliphatic carbocycles. The van der Waals surface area contributed by atoms with Crippen LogP contribution in [0.3, 0.4) is 0 Å². The summed E-state index contributed by atoms with van der Waals surface area (Å²) >= 11 is 6.28. The van der Waals surface area contributed by atoms with E-state index in [-0.39, 0.29) is 40.3 Å². The fraction of sp³-hybridized carbons (Fsp3) is 0.167. The van der Waals surface area contributed by atoms with E-state index in [4.69, 9.17) is 17.3 Å². The number of benzene rings is 1. The van der Waals surface area contributed by atoms with Gasteiger partial charge in [0.1, 0.15) is 18.0 Å². The van der Waals surface area contributed by atoms with E-state index in [1.54, 1.807) is 22.8 Å². The second-order valence-electron chi connectivity index (χ2n) is 9.11. The van der Waals surface area contributed by atoms with E-state index >= 15 is 4.39 Å². The van der Waals surface area contributed by atoms with Crippen LogP contribution in [0.4, 0.5) is 14.6 Å². The number of halogens is 3. The normalized spacial score (nSPS) is 19.6. The van der Waals surface area contributed by atoms with Crippen molar-refractivity contribution >= 4 is 17.4 Å². The largest absolute Gasteiger partial charge is 0.384 e. The average molecular weight is 520 g/mol. The molecular weight excluding hydrogens is 504 g/mol. The van der Waals surface area contributed by atoms with Crippen molar-refractivity contribution < 1.29 is 8.78 Å². The first-order chi connectivity index (χ1) is 17.9. The fourth-order valence-corrected chi connectivity index (χ4v) is 5.47. The van der Waals surface area contributed by atoms with Crippen molar-refractivity contribution in [2.45, 2.75) is 18.4 Å². The summed E-state index contributed by atoms with van der Waals surface area (Å²) in [6.45, 7) is 0. The number of rotatable bonds is 4. The Morgan fingerprint density at radius 2 is 1.92 bits per heavy atom. The number of pyridine rings is 2. The Hall–Kier alpha value is -4.45. The second kappa shape index (κ2) is 7.77. The summed E-state index contributed by atoms with van der Waals surface area (Å²) in [5.74, 6) is -1.57. The Morgan fingerprint density at radius 1 is 1.05 bits per heavy atom. The molecule has 1 aromatic carbocycles. The first-order valence-corrected chi connectivity index (χ1v) is 11.7. The van der Waals surface area contributed by atoms with Crippen molar-refractivity contribution in [1.29, 1.82) is 0 Å². The first kappa shape index (κ1) is 21.8. The molecule has 1 aliphatic heterocycles. The zero-order valence-electron chi connectivity index (χ0n) is 18.8. The van der Waals surface area contributed by atoms with E-state index in [1.807, 2.05) is 6.07 Å². The van der Waals surface area contributed by atoms with Crippen LogP contribution in [0.25, 0.3) is 28.2 Å².